The van der Waals surface area contributed by atoms with E-state index in [0.29, 0.717) is 28.8 Å². The molecule has 0 radical (unpaired) electrons. The van der Waals surface area contributed by atoms with E-state index < -0.39 is 0 Å². The summed E-state index contributed by atoms with van der Waals surface area (Å²) in [5, 5.41) is 14.0. The van der Waals surface area contributed by atoms with E-state index in [-0.39, 0.29) is 5.91 Å². The minimum atomic E-state index is 0.119. The van der Waals surface area contributed by atoms with Crippen LogP contribution in [-0.2, 0) is 11.5 Å². The minimum Gasteiger partial charge on any atom is -0.454 e. The van der Waals surface area contributed by atoms with E-state index in [1.807, 2.05) is 22.7 Å². The van der Waals surface area contributed by atoms with Crippen molar-refractivity contribution in [1.29, 1.82) is 5.26 Å². The van der Waals surface area contributed by atoms with Crippen molar-refractivity contribution >= 4 is 17.5 Å². The predicted molar refractivity (Wildman–Crippen MR) is 97.0 cm³/mol. The number of halogens is 1. The van der Waals surface area contributed by atoms with Crippen LogP contribution in [0.25, 0.3) is 0 Å². The Hall–Kier alpha value is -2.56. The molecule has 1 fully saturated rings. The molecule has 2 heterocycles. The molecule has 0 unspecified atom stereocenters. The van der Waals surface area contributed by atoms with Crippen molar-refractivity contribution in [3.8, 4) is 17.6 Å². The third-order valence-corrected chi connectivity index (χ3v) is 4.51. The molecule has 1 amide bonds. The van der Waals surface area contributed by atoms with Crippen molar-refractivity contribution in [2.24, 2.45) is 0 Å². The monoisotopic (exact) mass is 373 g/mol. The predicted octanol–water partition coefficient (Wildman–Crippen LogP) is 2.63. The molecule has 3 rings (SSSR count). The Morgan fingerprint density at radius 3 is 2.69 bits per heavy atom. The summed E-state index contributed by atoms with van der Waals surface area (Å²) in [7, 11) is 0. The van der Waals surface area contributed by atoms with Gasteiger partial charge >= 0.3 is 0 Å². The fourth-order valence-corrected chi connectivity index (χ4v) is 3.12. The van der Waals surface area contributed by atoms with Gasteiger partial charge in [-0.1, -0.05) is 11.6 Å². The highest BCUT2D eigenvalue weighted by Gasteiger charge is 2.19. The number of aryl methyl sites for hydroxylation is 1. The number of piperazine rings is 1. The molecule has 2 aromatic rings. The largest absolute Gasteiger partial charge is 0.454 e. The number of benzene rings is 1. The van der Waals surface area contributed by atoms with Crippen LogP contribution >= 0.6 is 11.6 Å². The number of nitrogens with zero attached hydrogens (tertiary/aromatic N) is 5. The highest BCUT2D eigenvalue weighted by Crippen LogP contribution is 2.28. The van der Waals surface area contributed by atoms with Gasteiger partial charge in [0.1, 0.15) is 11.4 Å². The Labute approximate surface area is 157 Å². The molecule has 1 aromatic heterocycles. The number of carbonyl (C=O) groups excluding carboxylic acids is 1. The SMILES string of the molecule is CC(=O)N1CCN(Cn2cc(Oc3cc(Cl)cc(C#N)c3)c(C)n2)CC1. The van der Waals surface area contributed by atoms with Crippen molar-refractivity contribution in [3.05, 3.63) is 40.7 Å². The Bertz CT molecular complexity index is 850. The van der Waals surface area contributed by atoms with Gasteiger partial charge in [0, 0.05) is 38.1 Å². The quantitative estimate of drug-likeness (QED) is 0.823. The number of carbonyl (C=O) groups is 1. The summed E-state index contributed by atoms with van der Waals surface area (Å²) in [5.41, 5.74) is 1.20. The summed E-state index contributed by atoms with van der Waals surface area (Å²) in [6, 6.07) is 6.96. The molecule has 0 bridgehead atoms. The van der Waals surface area contributed by atoms with Crippen LogP contribution in [-0.4, -0.2) is 51.7 Å². The number of aromatic nitrogens is 2. The van der Waals surface area contributed by atoms with Crippen molar-refractivity contribution in [1.82, 2.24) is 19.6 Å². The molecule has 0 saturated carbocycles. The third-order valence-electron chi connectivity index (χ3n) is 4.29. The van der Waals surface area contributed by atoms with Crippen molar-refractivity contribution in [2.75, 3.05) is 26.2 Å². The van der Waals surface area contributed by atoms with Crippen LogP contribution in [0.2, 0.25) is 5.02 Å². The number of ether oxygens (including phenoxy) is 1. The van der Waals surface area contributed by atoms with Gasteiger partial charge in [-0.25, -0.2) is 0 Å². The van der Waals surface area contributed by atoms with Crippen molar-refractivity contribution in [3.63, 3.8) is 0 Å². The first-order valence-corrected chi connectivity index (χ1v) is 8.73. The first-order chi connectivity index (χ1) is 12.4. The van der Waals surface area contributed by atoms with Gasteiger partial charge in [-0.3, -0.25) is 14.4 Å². The molecule has 0 spiro atoms. The highest BCUT2D eigenvalue weighted by atomic mass is 35.5. The van der Waals surface area contributed by atoms with Gasteiger partial charge in [0.05, 0.1) is 24.5 Å². The van der Waals surface area contributed by atoms with Gasteiger partial charge in [0.15, 0.2) is 5.75 Å². The molecular weight excluding hydrogens is 354 g/mol. The second-order valence-corrected chi connectivity index (χ2v) is 6.71. The lowest BCUT2D eigenvalue weighted by atomic mass is 10.2. The lowest BCUT2D eigenvalue weighted by Gasteiger charge is -2.33. The highest BCUT2D eigenvalue weighted by molar-refractivity contribution is 6.30. The second-order valence-electron chi connectivity index (χ2n) is 6.27. The van der Waals surface area contributed by atoms with E-state index in [1.165, 1.54) is 0 Å². The zero-order valence-electron chi connectivity index (χ0n) is 14.8. The lowest BCUT2D eigenvalue weighted by molar-refractivity contribution is -0.130. The van der Waals surface area contributed by atoms with Gasteiger partial charge < -0.3 is 9.64 Å². The van der Waals surface area contributed by atoms with Crippen LogP contribution in [0.3, 0.4) is 0 Å². The van der Waals surface area contributed by atoms with E-state index in [9.17, 15) is 4.79 Å². The normalized spacial score (nSPS) is 14.9. The molecule has 1 aliphatic rings. The number of amides is 1. The van der Waals surface area contributed by atoms with Gasteiger partial charge in [-0.05, 0) is 25.1 Å². The topological polar surface area (TPSA) is 74.4 Å². The zero-order valence-corrected chi connectivity index (χ0v) is 15.5. The molecule has 136 valence electrons. The molecule has 1 aromatic carbocycles. The fraction of sp³-hybridized carbons (Fsp3) is 0.389. The minimum absolute atomic E-state index is 0.119. The average Bonchev–Trinajstić information content (AvgIpc) is 2.93. The van der Waals surface area contributed by atoms with Gasteiger partial charge in [-0.2, -0.15) is 10.4 Å². The average molecular weight is 374 g/mol. The number of rotatable bonds is 4. The molecule has 0 atom stereocenters. The van der Waals surface area contributed by atoms with Crippen molar-refractivity contribution < 1.29 is 9.53 Å². The number of hydrogen-bond donors (Lipinski definition) is 0. The molecule has 0 aliphatic carbocycles. The molecule has 1 aliphatic heterocycles. The molecule has 8 heteroatoms. The number of nitriles is 1. The van der Waals surface area contributed by atoms with Gasteiger partial charge in [-0.15, -0.1) is 0 Å². The summed E-state index contributed by atoms with van der Waals surface area (Å²) in [6.07, 6.45) is 1.83. The van der Waals surface area contributed by atoms with Crippen molar-refractivity contribution in [2.45, 2.75) is 20.5 Å². The molecule has 1 saturated heterocycles. The zero-order chi connectivity index (χ0) is 18.7. The second kappa shape index (κ2) is 7.77. The van der Waals surface area contributed by atoms with Gasteiger partial charge in [0.2, 0.25) is 5.91 Å². The first kappa shape index (κ1) is 18.2. The summed E-state index contributed by atoms with van der Waals surface area (Å²) in [5.74, 6) is 1.25. The molecule has 26 heavy (non-hydrogen) atoms. The van der Waals surface area contributed by atoms with E-state index in [0.717, 1.165) is 31.9 Å². The third kappa shape index (κ3) is 4.34. The molecule has 0 N–H and O–H groups in total. The van der Waals surface area contributed by atoms with E-state index >= 15 is 0 Å². The Kier molecular flexibility index (Phi) is 5.45. The van der Waals surface area contributed by atoms with E-state index in [1.54, 1.807) is 25.1 Å². The Balaban J connectivity index is 1.65. The van der Waals surface area contributed by atoms with Crippen LogP contribution in [0.15, 0.2) is 24.4 Å². The summed E-state index contributed by atoms with van der Waals surface area (Å²) in [6.45, 7) is 7.20. The van der Waals surface area contributed by atoms with Gasteiger partial charge in [0.25, 0.3) is 0 Å². The fourth-order valence-electron chi connectivity index (χ4n) is 2.89. The molecular formula is C18H20ClN5O2. The maximum absolute atomic E-state index is 11.4. The molecule has 7 nitrogen and oxygen atoms in total. The maximum atomic E-state index is 11.4. The van der Waals surface area contributed by atoms with Crippen LogP contribution in [0.1, 0.15) is 18.2 Å². The first-order valence-electron chi connectivity index (χ1n) is 8.35. The van der Waals surface area contributed by atoms with Crippen LogP contribution < -0.4 is 4.74 Å². The summed E-state index contributed by atoms with van der Waals surface area (Å²) < 4.78 is 7.68. The smallest absolute Gasteiger partial charge is 0.219 e. The van der Waals surface area contributed by atoms with E-state index in [4.69, 9.17) is 21.6 Å². The summed E-state index contributed by atoms with van der Waals surface area (Å²) in [4.78, 5) is 15.5. The van der Waals surface area contributed by atoms with Crippen LogP contribution in [0.5, 0.6) is 11.5 Å². The number of hydrogen-bond acceptors (Lipinski definition) is 5. The lowest BCUT2D eigenvalue weighted by Crippen LogP contribution is -2.48. The summed E-state index contributed by atoms with van der Waals surface area (Å²) >= 11 is 6.02. The Morgan fingerprint density at radius 1 is 1.31 bits per heavy atom. The van der Waals surface area contributed by atoms with Crippen LogP contribution in [0, 0.1) is 18.3 Å². The standard InChI is InChI=1S/C18H20ClN5O2/c1-13-18(26-17-8-15(10-20)7-16(19)9-17)11-24(21-13)12-22-3-5-23(6-4-22)14(2)25/h7-9,11H,3-6,12H2,1-2H3. The van der Waals surface area contributed by atoms with E-state index in [2.05, 4.69) is 16.1 Å². The maximum Gasteiger partial charge on any atom is 0.219 e. The Morgan fingerprint density at radius 2 is 2.04 bits per heavy atom. The van der Waals surface area contributed by atoms with Crippen LogP contribution in [0.4, 0.5) is 0 Å².